The maximum absolute atomic E-state index is 3.76. The van der Waals surface area contributed by atoms with Crippen molar-refractivity contribution < 1.29 is 9.15 Å². The van der Waals surface area contributed by atoms with Crippen LogP contribution in [0.5, 0.6) is 0 Å². The van der Waals surface area contributed by atoms with Crippen molar-refractivity contribution in [1.29, 1.82) is 0 Å². The summed E-state index contributed by atoms with van der Waals surface area (Å²) < 4.78 is 7.52. The first-order valence-electron chi connectivity index (χ1n) is 0.575. The molecule has 0 amide bonds. The summed E-state index contributed by atoms with van der Waals surface area (Å²) in [4.78, 5) is 0. The molecule has 0 aliphatic rings. The maximum Gasteiger partial charge on any atom is 0.300 e. The van der Waals surface area contributed by atoms with Gasteiger partial charge in [-0.25, -0.2) is 0 Å². The third-order valence-electron chi connectivity index (χ3n) is 0.0417. The minimum absolute atomic E-state index is 2.52. The van der Waals surface area contributed by atoms with E-state index in [2.05, 4.69) is 30.1 Å². The molecular weight excluding hydrogens is 88.2 g/mol. The lowest BCUT2D eigenvalue weighted by Gasteiger charge is -1.78. The number of hydrogen-bond acceptors (Lipinski definition) is 2. The van der Waals surface area contributed by atoms with Gasteiger partial charge in [0.05, 0.1) is 0 Å². The van der Waals surface area contributed by atoms with Crippen molar-refractivity contribution in [2.45, 2.75) is 0 Å². The molecule has 0 aromatic rings. The monoisotopic (exact) mass is 87.9 g/mol. The first-order chi connectivity index (χ1) is 1.91. The summed E-state index contributed by atoms with van der Waals surface area (Å²) in [6.07, 6.45) is 0. The molecule has 0 saturated carbocycles. The van der Waals surface area contributed by atoms with Gasteiger partial charge in [0.25, 0.3) is 0 Å². The van der Waals surface area contributed by atoms with Crippen molar-refractivity contribution >= 4 is 21.0 Å². The Balaban J connectivity index is 1.97. The molecule has 0 saturated heterocycles. The first-order valence-corrected chi connectivity index (χ1v) is 1.39. The molecule has 0 rings (SSSR count). The second-order valence-electron chi connectivity index (χ2n) is 0.167. The molecule has 2 nitrogen and oxygen atoms in total. The Bertz CT molecular complexity index is 6.00. The van der Waals surface area contributed by atoms with E-state index in [0.717, 1.165) is 0 Å². The predicted octanol–water partition coefficient (Wildman–Crippen LogP) is -0.898. The van der Waals surface area contributed by atoms with Gasteiger partial charge in [-0.15, -0.1) is 0 Å². The van der Waals surface area contributed by atoms with Crippen LogP contribution < -0.4 is 0 Å². The summed E-state index contributed by atoms with van der Waals surface area (Å²) in [5.74, 6) is 0. The zero-order valence-electron chi connectivity index (χ0n) is 1.82. The highest BCUT2D eigenvalue weighted by atomic mass is 28.2. The van der Waals surface area contributed by atoms with Gasteiger partial charge in [0.15, 0.2) is 0 Å². The van der Waals surface area contributed by atoms with Crippen LogP contribution in [0.15, 0.2) is 0 Å². The van der Waals surface area contributed by atoms with E-state index in [4.69, 9.17) is 0 Å². The molecule has 0 fully saturated rings. The lowest BCUT2D eigenvalue weighted by Crippen LogP contribution is -1.78. The molecule has 0 aromatic heterocycles. The number of hydrogen-bond donors (Lipinski definition) is 0. The Kier molecular flexibility index (Phi) is 3.65. The normalized spacial score (nSPS) is 7.50. The van der Waals surface area contributed by atoms with Crippen molar-refractivity contribution in [1.82, 2.24) is 0 Å². The van der Waals surface area contributed by atoms with E-state index < -0.39 is 0 Å². The molecule has 0 spiro atoms. The van der Waals surface area contributed by atoms with Gasteiger partial charge in [0, 0.05) is 0 Å². The molecule has 0 N–H and O–H groups in total. The fraction of sp³-hybridized carbons (Fsp3) is 0. The third kappa shape index (κ3) is 2.35. The summed E-state index contributed by atoms with van der Waals surface area (Å²) in [6, 6.07) is 0. The van der Waals surface area contributed by atoms with Crippen LogP contribution in [0.25, 0.3) is 0 Å². The minimum atomic E-state index is 2.52. The van der Waals surface area contributed by atoms with E-state index in [-0.39, 0.29) is 0 Å². The zero-order valence-corrected chi connectivity index (χ0v) is 3.82. The van der Waals surface area contributed by atoms with Crippen molar-refractivity contribution in [2.24, 2.45) is 0 Å². The predicted molar refractivity (Wildman–Crippen MR) is 13.7 cm³/mol. The molecule has 0 aliphatic carbocycles. The molecule has 20 valence electrons. The second-order valence-corrected chi connectivity index (χ2v) is 0.500. The summed E-state index contributed by atoms with van der Waals surface area (Å²) in [6.45, 7) is 0. The highest BCUT2D eigenvalue weighted by molar-refractivity contribution is 6.01. The topological polar surface area (TPSA) is 18.5 Å². The van der Waals surface area contributed by atoms with Crippen molar-refractivity contribution in [2.75, 3.05) is 0 Å². The van der Waals surface area contributed by atoms with Gasteiger partial charge in [-0.1, -0.05) is 0 Å². The highest BCUT2D eigenvalue weighted by Gasteiger charge is 1.52. The average Bonchev–Trinajstić information content (AvgIpc) is 1.37. The fourth-order valence-electron chi connectivity index (χ4n) is 0. The maximum atomic E-state index is 3.76. The molecule has 0 unspecified atom stereocenters. The highest BCUT2D eigenvalue weighted by Crippen LogP contribution is 1.47. The molecule has 4 heavy (non-hydrogen) atoms. The Morgan fingerprint density at radius 3 is 1.25 bits per heavy atom. The zero-order chi connectivity index (χ0) is 3.41. The van der Waals surface area contributed by atoms with Gasteiger partial charge >= 0.3 is 21.0 Å². The first kappa shape index (κ1) is 4.35. The van der Waals surface area contributed by atoms with Gasteiger partial charge in [-0.05, 0) is 0 Å². The van der Waals surface area contributed by atoms with Crippen LogP contribution in [0, 0.1) is 0 Å². The fourth-order valence-corrected chi connectivity index (χ4v) is 0. The lowest BCUT2D eigenvalue weighted by atomic mass is 14.9. The smallest absolute Gasteiger partial charge is 0.300 e. The SMILES string of the molecule is [Si]OO[Si]. The molecule has 0 atom stereocenters. The van der Waals surface area contributed by atoms with E-state index >= 15 is 0 Å². The van der Waals surface area contributed by atoms with Gasteiger partial charge in [0.1, 0.15) is 0 Å². The average molecular weight is 88.2 g/mol. The Morgan fingerprint density at radius 2 is 1.25 bits per heavy atom. The minimum Gasteiger partial charge on any atom is -0.300 e. The van der Waals surface area contributed by atoms with Crippen LogP contribution in [0.4, 0.5) is 0 Å². The van der Waals surface area contributed by atoms with Crippen LogP contribution in [-0.2, 0) is 9.15 Å². The van der Waals surface area contributed by atoms with Crippen LogP contribution in [-0.4, -0.2) is 21.0 Å². The number of rotatable bonds is 1. The summed E-state index contributed by atoms with van der Waals surface area (Å²) >= 11 is 0. The Labute approximate surface area is 31.1 Å². The molecule has 0 aliphatic heterocycles. The van der Waals surface area contributed by atoms with Crippen LogP contribution in [0.3, 0.4) is 0 Å². The van der Waals surface area contributed by atoms with E-state index in [1.54, 1.807) is 0 Å². The molecule has 0 bridgehead atoms. The molecular formula is O2Si2. The van der Waals surface area contributed by atoms with Gasteiger partial charge in [0.2, 0.25) is 0 Å². The second kappa shape index (κ2) is 3.35. The van der Waals surface area contributed by atoms with E-state index in [9.17, 15) is 0 Å². The summed E-state index contributed by atoms with van der Waals surface area (Å²) in [7, 11) is 5.03. The van der Waals surface area contributed by atoms with Gasteiger partial charge in [-0.2, -0.15) is 0 Å². The van der Waals surface area contributed by atoms with Gasteiger partial charge < -0.3 is 9.15 Å². The van der Waals surface area contributed by atoms with Crippen molar-refractivity contribution in [3.63, 3.8) is 0 Å². The van der Waals surface area contributed by atoms with Crippen molar-refractivity contribution in [3.05, 3.63) is 0 Å². The molecule has 6 radical (unpaired) electrons. The third-order valence-corrected chi connectivity index (χ3v) is 0.375. The largest absolute Gasteiger partial charge is 0.300 e. The van der Waals surface area contributed by atoms with E-state index in [1.165, 1.54) is 0 Å². The van der Waals surface area contributed by atoms with Crippen LogP contribution in [0.2, 0.25) is 0 Å². The van der Waals surface area contributed by atoms with E-state index in [0.29, 0.717) is 0 Å². The summed E-state index contributed by atoms with van der Waals surface area (Å²) in [5, 5.41) is 0. The van der Waals surface area contributed by atoms with Crippen LogP contribution in [0.1, 0.15) is 0 Å². The quantitative estimate of drug-likeness (QED) is 0.235. The molecule has 0 aromatic carbocycles. The lowest BCUT2D eigenvalue weighted by molar-refractivity contribution is -0.0859. The summed E-state index contributed by atoms with van der Waals surface area (Å²) in [5.41, 5.74) is 0. The van der Waals surface area contributed by atoms with Crippen molar-refractivity contribution in [3.8, 4) is 0 Å². The Hall–Kier alpha value is 0.354. The van der Waals surface area contributed by atoms with Crippen LogP contribution >= 0.6 is 0 Å². The molecule has 4 heteroatoms. The van der Waals surface area contributed by atoms with E-state index in [1.807, 2.05) is 0 Å². The standard InChI is InChI=1S/O2Si2/c3-1-2-4. The molecule has 0 heterocycles. The Morgan fingerprint density at radius 1 is 1.00 bits per heavy atom. The van der Waals surface area contributed by atoms with Gasteiger partial charge in [-0.3, -0.25) is 0 Å².